The molecule has 0 bridgehead atoms. The molecule has 0 saturated carbocycles. The van der Waals surface area contributed by atoms with Crippen LogP contribution in [0.5, 0.6) is 0 Å². The van der Waals surface area contributed by atoms with Crippen molar-refractivity contribution in [3.05, 3.63) is 53.3 Å². The summed E-state index contributed by atoms with van der Waals surface area (Å²) in [7, 11) is 0. The zero-order valence-corrected chi connectivity index (χ0v) is 10.4. The molecule has 90 valence electrons. The van der Waals surface area contributed by atoms with Crippen LogP contribution >= 0.6 is 0 Å². The van der Waals surface area contributed by atoms with Crippen molar-refractivity contribution in [2.45, 2.75) is 32.3 Å². The lowest BCUT2D eigenvalue weighted by Crippen LogP contribution is -2.11. The highest BCUT2D eigenvalue weighted by molar-refractivity contribution is 5.32. The summed E-state index contributed by atoms with van der Waals surface area (Å²) in [5.74, 6) is 0. The van der Waals surface area contributed by atoms with Gasteiger partial charge >= 0.3 is 0 Å². The monoisotopic (exact) mass is 230 g/mol. The molecule has 2 rings (SSSR count). The van der Waals surface area contributed by atoms with Crippen molar-refractivity contribution in [1.82, 2.24) is 10.2 Å². The van der Waals surface area contributed by atoms with E-state index in [0.29, 0.717) is 0 Å². The zero-order valence-electron chi connectivity index (χ0n) is 10.4. The normalized spacial score (nSPS) is 13.6. The van der Waals surface area contributed by atoms with Crippen LogP contribution in [-0.2, 0) is 5.41 Å². The van der Waals surface area contributed by atoms with E-state index in [9.17, 15) is 5.11 Å². The van der Waals surface area contributed by atoms with Crippen LogP contribution in [0.2, 0.25) is 0 Å². The highest BCUT2D eigenvalue weighted by Crippen LogP contribution is 2.26. The number of hydrogen-bond acceptors (Lipinski definition) is 2. The van der Waals surface area contributed by atoms with E-state index in [0.717, 1.165) is 11.1 Å². The Morgan fingerprint density at radius 3 is 2.24 bits per heavy atom. The second-order valence-electron chi connectivity index (χ2n) is 5.31. The van der Waals surface area contributed by atoms with Gasteiger partial charge in [0, 0.05) is 11.8 Å². The van der Waals surface area contributed by atoms with Gasteiger partial charge in [0.1, 0.15) is 6.10 Å². The van der Waals surface area contributed by atoms with Crippen LogP contribution in [0.1, 0.15) is 43.6 Å². The second-order valence-corrected chi connectivity index (χ2v) is 5.31. The molecule has 2 N–H and O–H groups in total. The van der Waals surface area contributed by atoms with Gasteiger partial charge in [-0.1, -0.05) is 45.0 Å². The zero-order chi connectivity index (χ0) is 12.5. The van der Waals surface area contributed by atoms with Crippen LogP contribution in [0.25, 0.3) is 0 Å². The number of benzene rings is 1. The molecule has 1 atom stereocenters. The van der Waals surface area contributed by atoms with Crippen molar-refractivity contribution >= 4 is 0 Å². The van der Waals surface area contributed by atoms with Gasteiger partial charge in [-0.15, -0.1) is 0 Å². The SMILES string of the molecule is CC(C)(C)c1ccc(C(O)c2cn[nH]c2)cc1. The Balaban J connectivity index is 2.24. The predicted octanol–water partition coefficient (Wildman–Crippen LogP) is 2.79. The summed E-state index contributed by atoms with van der Waals surface area (Å²) in [6.07, 6.45) is 2.74. The molecule has 1 aromatic heterocycles. The van der Waals surface area contributed by atoms with Crippen molar-refractivity contribution < 1.29 is 5.11 Å². The number of nitrogens with one attached hydrogen (secondary N) is 1. The molecule has 0 aliphatic rings. The minimum atomic E-state index is -0.609. The molecular weight excluding hydrogens is 212 g/mol. The summed E-state index contributed by atoms with van der Waals surface area (Å²) in [6, 6.07) is 8.08. The number of H-pyrrole nitrogens is 1. The molecule has 3 heteroatoms. The van der Waals surface area contributed by atoms with Crippen molar-refractivity contribution in [1.29, 1.82) is 0 Å². The third kappa shape index (κ3) is 2.56. The van der Waals surface area contributed by atoms with E-state index < -0.39 is 6.10 Å². The van der Waals surface area contributed by atoms with Crippen LogP contribution < -0.4 is 0 Å². The first kappa shape index (κ1) is 11.9. The molecule has 0 aliphatic carbocycles. The first-order valence-electron chi connectivity index (χ1n) is 5.75. The summed E-state index contributed by atoms with van der Waals surface area (Å²) < 4.78 is 0. The maximum Gasteiger partial charge on any atom is 0.107 e. The lowest BCUT2D eigenvalue weighted by Gasteiger charge is -2.19. The predicted molar refractivity (Wildman–Crippen MR) is 67.8 cm³/mol. The molecular formula is C14H18N2O. The fourth-order valence-electron chi connectivity index (χ4n) is 1.77. The van der Waals surface area contributed by atoms with E-state index in [1.54, 1.807) is 12.4 Å². The molecule has 17 heavy (non-hydrogen) atoms. The number of aromatic nitrogens is 2. The Kier molecular flexibility index (Phi) is 3.03. The number of nitrogens with zero attached hydrogens (tertiary/aromatic N) is 1. The van der Waals surface area contributed by atoms with Crippen LogP contribution in [0.3, 0.4) is 0 Å². The molecule has 3 nitrogen and oxygen atoms in total. The van der Waals surface area contributed by atoms with Gasteiger partial charge in [0.25, 0.3) is 0 Å². The van der Waals surface area contributed by atoms with E-state index in [2.05, 4.69) is 43.1 Å². The summed E-state index contributed by atoms with van der Waals surface area (Å²) in [5, 5.41) is 16.7. The van der Waals surface area contributed by atoms with Gasteiger partial charge in [0.05, 0.1) is 6.20 Å². The first-order chi connectivity index (χ1) is 7.98. The Labute approximate surface area is 102 Å². The summed E-state index contributed by atoms with van der Waals surface area (Å²) in [6.45, 7) is 6.53. The quantitative estimate of drug-likeness (QED) is 0.833. The third-order valence-electron chi connectivity index (χ3n) is 2.93. The molecule has 0 amide bonds. The Bertz CT molecular complexity index is 466. The van der Waals surface area contributed by atoms with E-state index in [1.165, 1.54) is 5.56 Å². The largest absolute Gasteiger partial charge is 0.384 e. The minimum absolute atomic E-state index is 0.138. The van der Waals surface area contributed by atoms with Crippen LogP contribution in [0, 0.1) is 0 Å². The Morgan fingerprint density at radius 2 is 1.76 bits per heavy atom. The van der Waals surface area contributed by atoms with Crippen molar-refractivity contribution in [3.63, 3.8) is 0 Å². The van der Waals surface area contributed by atoms with Crippen LogP contribution in [0.15, 0.2) is 36.7 Å². The third-order valence-corrected chi connectivity index (χ3v) is 2.93. The number of hydrogen-bond donors (Lipinski definition) is 2. The number of aromatic amines is 1. The van der Waals surface area contributed by atoms with Gasteiger partial charge < -0.3 is 5.11 Å². The highest BCUT2D eigenvalue weighted by atomic mass is 16.3. The molecule has 0 radical (unpaired) electrons. The average Bonchev–Trinajstić information content (AvgIpc) is 2.80. The van der Waals surface area contributed by atoms with E-state index >= 15 is 0 Å². The maximum absolute atomic E-state index is 10.1. The van der Waals surface area contributed by atoms with Gasteiger partial charge in [-0.3, -0.25) is 5.10 Å². The van der Waals surface area contributed by atoms with Gasteiger partial charge in [0.15, 0.2) is 0 Å². The highest BCUT2D eigenvalue weighted by Gasteiger charge is 2.15. The molecule has 2 aromatic rings. The maximum atomic E-state index is 10.1. The van der Waals surface area contributed by atoms with Gasteiger partial charge in [-0.05, 0) is 16.5 Å². The van der Waals surface area contributed by atoms with E-state index in [4.69, 9.17) is 0 Å². The van der Waals surface area contributed by atoms with Gasteiger partial charge in [-0.2, -0.15) is 5.10 Å². The van der Waals surface area contributed by atoms with Gasteiger partial charge in [0.2, 0.25) is 0 Å². The molecule has 1 unspecified atom stereocenters. The van der Waals surface area contributed by atoms with Gasteiger partial charge in [-0.25, -0.2) is 0 Å². The second kappa shape index (κ2) is 4.34. The van der Waals surface area contributed by atoms with Crippen molar-refractivity contribution in [2.24, 2.45) is 0 Å². The van der Waals surface area contributed by atoms with Crippen molar-refractivity contribution in [2.75, 3.05) is 0 Å². The number of rotatable bonds is 2. The van der Waals surface area contributed by atoms with Crippen molar-refractivity contribution in [3.8, 4) is 0 Å². The number of aliphatic hydroxyl groups is 1. The topological polar surface area (TPSA) is 48.9 Å². The molecule has 0 fully saturated rings. The smallest absolute Gasteiger partial charge is 0.107 e. The fraction of sp³-hybridized carbons (Fsp3) is 0.357. The molecule has 1 heterocycles. The molecule has 0 aliphatic heterocycles. The summed E-state index contributed by atoms with van der Waals surface area (Å²) >= 11 is 0. The number of aliphatic hydroxyl groups excluding tert-OH is 1. The minimum Gasteiger partial charge on any atom is -0.384 e. The van der Waals surface area contributed by atoms with E-state index in [1.807, 2.05) is 12.1 Å². The first-order valence-corrected chi connectivity index (χ1v) is 5.75. The Morgan fingerprint density at radius 1 is 1.12 bits per heavy atom. The summed E-state index contributed by atoms with van der Waals surface area (Å²) in [5.41, 5.74) is 3.08. The molecule has 1 aromatic carbocycles. The van der Waals surface area contributed by atoms with Crippen LogP contribution in [0.4, 0.5) is 0 Å². The van der Waals surface area contributed by atoms with E-state index in [-0.39, 0.29) is 5.41 Å². The average molecular weight is 230 g/mol. The molecule has 0 saturated heterocycles. The summed E-state index contributed by atoms with van der Waals surface area (Å²) in [4.78, 5) is 0. The lowest BCUT2D eigenvalue weighted by molar-refractivity contribution is 0.220. The lowest BCUT2D eigenvalue weighted by atomic mass is 9.86. The fourth-order valence-corrected chi connectivity index (χ4v) is 1.77. The van der Waals surface area contributed by atoms with Crippen LogP contribution in [-0.4, -0.2) is 15.3 Å². The standard InChI is InChI=1S/C14H18N2O/c1-14(2,3)12-6-4-10(5-7-12)13(17)11-8-15-16-9-11/h4-9,13,17H,1-3H3,(H,15,16). The Hall–Kier alpha value is -1.61. The molecule has 0 spiro atoms.